The Morgan fingerprint density at radius 1 is 1.31 bits per heavy atom. The zero-order valence-corrected chi connectivity index (χ0v) is 15.2. The Kier molecular flexibility index (Phi) is 4.52. The van der Waals surface area contributed by atoms with Crippen molar-refractivity contribution < 1.29 is 9.90 Å². The Morgan fingerprint density at radius 2 is 2.12 bits per heavy atom. The first-order chi connectivity index (χ1) is 12.7. The average Bonchev–Trinajstić information content (AvgIpc) is 3.33. The third-order valence-electron chi connectivity index (χ3n) is 4.58. The van der Waals surface area contributed by atoms with Crippen LogP contribution in [0, 0.1) is 0 Å². The SMILES string of the molecule is CCc1nnsc1C(=O)N1CCn2nc(C(O)c3ccccc3)cc2C1. The van der Waals surface area contributed by atoms with E-state index in [9.17, 15) is 9.90 Å². The molecule has 0 spiro atoms. The van der Waals surface area contributed by atoms with Gasteiger partial charge in [-0.2, -0.15) is 5.10 Å². The summed E-state index contributed by atoms with van der Waals surface area (Å²) in [7, 11) is 0. The number of aliphatic hydroxyl groups excluding tert-OH is 1. The van der Waals surface area contributed by atoms with Gasteiger partial charge in [0.15, 0.2) is 0 Å². The zero-order chi connectivity index (χ0) is 18.1. The van der Waals surface area contributed by atoms with Gasteiger partial charge >= 0.3 is 0 Å². The normalized spacial score (nSPS) is 14.9. The quantitative estimate of drug-likeness (QED) is 0.761. The van der Waals surface area contributed by atoms with Gasteiger partial charge < -0.3 is 10.0 Å². The van der Waals surface area contributed by atoms with E-state index >= 15 is 0 Å². The molecule has 1 N–H and O–H groups in total. The molecule has 26 heavy (non-hydrogen) atoms. The standard InChI is InChI=1S/C18H19N5O2S/c1-2-14-17(26-21-19-14)18(25)22-8-9-23-13(11-22)10-15(20-23)16(24)12-6-4-3-5-7-12/h3-7,10,16,24H,2,8-9,11H2,1H3. The lowest BCUT2D eigenvalue weighted by molar-refractivity contribution is 0.0709. The first-order valence-electron chi connectivity index (χ1n) is 8.57. The number of amides is 1. The number of carbonyl (C=O) groups excluding carboxylic acids is 1. The Bertz CT molecular complexity index is 921. The number of aliphatic hydroxyl groups is 1. The second-order valence-corrected chi connectivity index (χ2v) is 6.98. The molecule has 1 atom stereocenters. The fourth-order valence-electron chi connectivity index (χ4n) is 3.15. The lowest BCUT2D eigenvalue weighted by atomic mass is 10.1. The summed E-state index contributed by atoms with van der Waals surface area (Å²) < 4.78 is 5.78. The second kappa shape index (κ2) is 6.97. The van der Waals surface area contributed by atoms with Crippen molar-refractivity contribution in [1.82, 2.24) is 24.3 Å². The van der Waals surface area contributed by atoms with Crippen molar-refractivity contribution in [2.45, 2.75) is 32.5 Å². The molecule has 1 aliphatic heterocycles. The first kappa shape index (κ1) is 16.9. The molecule has 1 amide bonds. The Balaban J connectivity index is 1.54. The van der Waals surface area contributed by atoms with E-state index < -0.39 is 6.10 Å². The summed E-state index contributed by atoms with van der Waals surface area (Å²) in [6, 6.07) is 11.3. The van der Waals surface area contributed by atoms with E-state index in [0.29, 0.717) is 36.6 Å². The fourth-order valence-corrected chi connectivity index (χ4v) is 3.87. The van der Waals surface area contributed by atoms with Gasteiger partial charge in [-0.3, -0.25) is 9.48 Å². The molecule has 3 aromatic rings. The summed E-state index contributed by atoms with van der Waals surface area (Å²) in [5.74, 6) is -0.0329. The van der Waals surface area contributed by atoms with Crippen LogP contribution in [0.15, 0.2) is 36.4 Å². The van der Waals surface area contributed by atoms with E-state index in [1.54, 1.807) is 4.90 Å². The summed E-state index contributed by atoms with van der Waals surface area (Å²) in [6.45, 7) is 3.62. The van der Waals surface area contributed by atoms with Crippen molar-refractivity contribution in [3.8, 4) is 0 Å². The fraction of sp³-hybridized carbons (Fsp3) is 0.333. The van der Waals surface area contributed by atoms with E-state index in [-0.39, 0.29) is 5.91 Å². The number of nitrogens with zero attached hydrogens (tertiary/aromatic N) is 5. The predicted molar refractivity (Wildman–Crippen MR) is 96.8 cm³/mol. The van der Waals surface area contributed by atoms with Gasteiger partial charge in [-0.1, -0.05) is 41.7 Å². The maximum absolute atomic E-state index is 12.8. The summed E-state index contributed by atoms with van der Waals surface area (Å²) in [5, 5.41) is 19.1. The number of rotatable bonds is 4. The Morgan fingerprint density at radius 3 is 2.88 bits per heavy atom. The molecular formula is C18H19N5O2S. The van der Waals surface area contributed by atoms with Gasteiger partial charge in [-0.05, 0) is 29.6 Å². The molecule has 3 heterocycles. The van der Waals surface area contributed by atoms with Crippen molar-refractivity contribution in [1.29, 1.82) is 0 Å². The molecule has 1 unspecified atom stereocenters. The zero-order valence-electron chi connectivity index (χ0n) is 14.4. The van der Waals surface area contributed by atoms with Crippen molar-refractivity contribution in [2.75, 3.05) is 6.54 Å². The largest absolute Gasteiger partial charge is 0.382 e. The van der Waals surface area contributed by atoms with Crippen LogP contribution in [0.5, 0.6) is 0 Å². The summed E-state index contributed by atoms with van der Waals surface area (Å²) in [5.41, 5.74) is 3.08. The molecule has 0 fully saturated rings. The van der Waals surface area contributed by atoms with E-state index in [1.165, 1.54) is 0 Å². The third-order valence-corrected chi connectivity index (χ3v) is 5.34. The highest BCUT2D eigenvalue weighted by Gasteiger charge is 2.27. The van der Waals surface area contributed by atoms with Gasteiger partial charge in [-0.15, -0.1) is 5.10 Å². The number of aryl methyl sites for hydroxylation is 1. The van der Waals surface area contributed by atoms with Crippen molar-refractivity contribution in [2.24, 2.45) is 0 Å². The monoisotopic (exact) mass is 369 g/mol. The first-order valence-corrected chi connectivity index (χ1v) is 9.35. The summed E-state index contributed by atoms with van der Waals surface area (Å²) in [4.78, 5) is 15.2. The van der Waals surface area contributed by atoms with E-state index in [1.807, 2.05) is 48.0 Å². The highest BCUT2D eigenvalue weighted by atomic mass is 32.1. The van der Waals surface area contributed by atoms with Crippen LogP contribution in [0.2, 0.25) is 0 Å². The number of fused-ring (bicyclic) bond motifs is 1. The maximum atomic E-state index is 12.8. The van der Waals surface area contributed by atoms with Crippen LogP contribution in [0.25, 0.3) is 0 Å². The number of benzene rings is 1. The van der Waals surface area contributed by atoms with Crippen LogP contribution in [-0.4, -0.2) is 41.8 Å². The summed E-state index contributed by atoms with van der Waals surface area (Å²) >= 11 is 1.15. The second-order valence-electron chi connectivity index (χ2n) is 6.23. The minimum Gasteiger partial charge on any atom is -0.382 e. The van der Waals surface area contributed by atoms with Gasteiger partial charge in [0.05, 0.1) is 30.2 Å². The van der Waals surface area contributed by atoms with Crippen LogP contribution in [0.3, 0.4) is 0 Å². The molecule has 0 radical (unpaired) electrons. The van der Waals surface area contributed by atoms with Gasteiger partial charge in [0.2, 0.25) is 0 Å². The highest BCUT2D eigenvalue weighted by molar-refractivity contribution is 7.08. The molecule has 2 aromatic heterocycles. The molecule has 4 rings (SSSR count). The molecule has 8 heteroatoms. The van der Waals surface area contributed by atoms with Gasteiger partial charge in [0.25, 0.3) is 5.91 Å². The van der Waals surface area contributed by atoms with E-state index in [0.717, 1.165) is 28.5 Å². The van der Waals surface area contributed by atoms with Crippen LogP contribution in [0.4, 0.5) is 0 Å². The van der Waals surface area contributed by atoms with Gasteiger partial charge in [-0.25, -0.2) is 0 Å². The van der Waals surface area contributed by atoms with Crippen LogP contribution in [-0.2, 0) is 19.5 Å². The average molecular weight is 369 g/mol. The Labute approximate surface area is 155 Å². The van der Waals surface area contributed by atoms with E-state index in [4.69, 9.17) is 0 Å². The molecule has 1 aromatic carbocycles. The summed E-state index contributed by atoms with van der Waals surface area (Å²) in [6.07, 6.45) is -0.0765. The number of hydrogen-bond donors (Lipinski definition) is 1. The number of carbonyl (C=O) groups is 1. The lowest BCUT2D eigenvalue weighted by Gasteiger charge is -2.27. The van der Waals surface area contributed by atoms with Crippen molar-refractivity contribution in [3.05, 3.63) is 63.9 Å². The van der Waals surface area contributed by atoms with Crippen LogP contribution in [0.1, 0.15) is 45.3 Å². The minimum absolute atomic E-state index is 0.0329. The smallest absolute Gasteiger partial charge is 0.267 e. The van der Waals surface area contributed by atoms with Crippen LogP contribution < -0.4 is 0 Å². The van der Waals surface area contributed by atoms with Crippen molar-refractivity contribution >= 4 is 17.4 Å². The van der Waals surface area contributed by atoms with Crippen LogP contribution >= 0.6 is 11.5 Å². The number of aromatic nitrogens is 4. The molecule has 134 valence electrons. The lowest BCUT2D eigenvalue weighted by Crippen LogP contribution is -2.38. The maximum Gasteiger partial charge on any atom is 0.267 e. The molecular weight excluding hydrogens is 350 g/mol. The van der Waals surface area contributed by atoms with Crippen molar-refractivity contribution in [3.63, 3.8) is 0 Å². The topological polar surface area (TPSA) is 84.1 Å². The predicted octanol–water partition coefficient (Wildman–Crippen LogP) is 2.03. The number of hydrogen-bond acceptors (Lipinski definition) is 6. The minimum atomic E-state index is -0.768. The molecule has 0 aliphatic carbocycles. The van der Waals surface area contributed by atoms with Gasteiger partial charge in [0, 0.05) is 6.54 Å². The third kappa shape index (κ3) is 3.02. The Hall–Kier alpha value is -2.58. The van der Waals surface area contributed by atoms with Gasteiger partial charge in [0.1, 0.15) is 11.0 Å². The van der Waals surface area contributed by atoms with E-state index in [2.05, 4.69) is 14.7 Å². The molecule has 0 saturated carbocycles. The molecule has 7 nitrogen and oxygen atoms in total. The molecule has 0 bridgehead atoms. The molecule has 0 saturated heterocycles. The highest BCUT2D eigenvalue weighted by Crippen LogP contribution is 2.25. The molecule has 1 aliphatic rings.